The third-order valence-electron chi connectivity index (χ3n) is 6.79. The molecule has 38 heavy (non-hydrogen) atoms. The molecule has 186 valence electrons. The van der Waals surface area contributed by atoms with Gasteiger partial charge in [0.15, 0.2) is 11.5 Å². The zero-order valence-electron chi connectivity index (χ0n) is 20.9. The molecular weight excluding hydrogens is 476 g/mol. The van der Waals surface area contributed by atoms with Crippen LogP contribution in [0.1, 0.15) is 39.7 Å². The van der Waals surface area contributed by atoms with E-state index in [1.165, 1.54) is 5.56 Å². The second-order valence-electron chi connectivity index (χ2n) is 9.36. The standard InChI is InChI=1S/C30H24N6O2/c1-19-13-15-23(16-14-19)37-17-24-32-28-27-26(21-9-5-3-6-10-21)25-20(2)33-36(22-11-7-4-8-12-22)30(25)38-29(27)31-18-35(28)34-24/h3-16,18,26H,17H2,1-2H3/t26-/m0/s1. The molecule has 1 atom stereocenters. The molecule has 0 aliphatic carbocycles. The number of aromatic nitrogens is 6. The molecule has 0 spiro atoms. The first-order chi connectivity index (χ1) is 18.7. The molecule has 4 heterocycles. The Balaban J connectivity index is 1.36. The molecule has 3 aromatic carbocycles. The van der Waals surface area contributed by atoms with Crippen molar-refractivity contribution >= 4 is 5.65 Å². The average Bonchev–Trinajstić information content (AvgIpc) is 3.53. The highest BCUT2D eigenvalue weighted by atomic mass is 16.5. The lowest BCUT2D eigenvalue weighted by molar-refractivity contribution is 0.296. The predicted octanol–water partition coefficient (Wildman–Crippen LogP) is 5.79. The number of para-hydroxylation sites is 1. The first kappa shape index (κ1) is 22.2. The van der Waals surface area contributed by atoms with Crippen LogP contribution in [0.2, 0.25) is 0 Å². The molecule has 0 fully saturated rings. The van der Waals surface area contributed by atoms with Crippen molar-refractivity contribution in [2.75, 3.05) is 0 Å². The lowest BCUT2D eigenvalue weighted by atomic mass is 9.84. The number of fused-ring (bicyclic) bond motifs is 4. The van der Waals surface area contributed by atoms with Crippen molar-refractivity contribution in [2.24, 2.45) is 0 Å². The minimum Gasteiger partial charge on any atom is -0.486 e. The van der Waals surface area contributed by atoms with Crippen LogP contribution in [0.4, 0.5) is 0 Å². The van der Waals surface area contributed by atoms with Crippen molar-refractivity contribution in [3.63, 3.8) is 0 Å². The molecule has 6 aromatic rings. The number of ether oxygens (including phenoxy) is 2. The minimum absolute atomic E-state index is 0.182. The maximum atomic E-state index is 6.47. The Morgan fingerprint density at radius 2 is 1.58 bits per heavy atom. The van der Waals surface area contributed by atoms with Gasteiger partial charge in [-0.15, -0.1) is 5.10 Å². The monoisotopic (exact) mass is 500 g/mol. The van der Waals surface area contributed by atoms with Gasteiger partial charge in [0.2, 0.25) is 11.8 Å². The van der Waals surface area contributed by atoms with Crippen LogP contribution in [0.5, 0.6) is 17.5 Å². The number of nitrogens with zero attached hydrogens (tertiary/aromatic N) is 6. The first-order valence-corrected chi connectivity index (χ1v) is 12.5. The predicted molar refractivity (Wildman–Crippen MR) is 142 cm³/mol. The lowest BCUT2D eigenvalue weighted by Crippen LogP contribution is -2.16. The van der Waals surface area contributed by atoms with Crippen molar-refractivity contribution in [3.8, 4) is 23.2 Å². The van der Waals surface area contributed by atoms with E-state index in [4.69, 9.17) is 19.6 Å². The Kier molecular flexibility index (Phi) is 5.18. The van der Waals surface area contributed by atoms with E-state index in [2.05, 4.69) is 22.2 Å². The topological polar surface area (TPSA) is 79.4 Å². The number of hydrogen-bond acceptors (Lipinski definition) is 6. The highest BCUT2D eigenvalue weighted by molar-refractivity contribution is 5.66. The van der Waals surface area contributed by atoms with Crippen LogP contribution in [0.25, 0.3) is 11.3 Å². The van der Waals surface area contributed by atoms with E-state index in [1.807, 2.05) is 91.3 Å². The van der Waals surface area contributed by atoms with E-state index >= 15 is 0 Å². The van der Waals surface area contributed by atoms with Gasteiger partial charge in [-0.2, -0.15) is 5.10 Å². The van der Waals surface area contributed by atoms with Gasteiger partial charge < -0.3 is 9.47 Å². The van der Waals surface area contributed by atoms with Crippen LogP contribution in [0.3, 0.4) is 0 Å². The van der Waals surface area contributed by atoms with Gasteiger partial charge in [-0.05, 0) is 43.7 Å². The fraction of sp³-hybridized carbons (Fsp3) is 0.133. The summed E-state index contributed by atoms with van der Waals surface area (Å²) in [6.07, 6.45) is 1.64. The molecule has 0 saturated carbocycles. The Bertz CT molecular complexity index is 1760. The third-order valence-corrected chi connectivity index (χ3v) is 6.79. The van der Waals surface area contributed by atoms with E-state index in [-0.39, 0.29) is 12.5 Å². The van der Waals surface area contributed by atoms with Crippen LogP contribution in [-0.2, 0) is 6.61 Å². The summed E-state index contributed by atoms with van der Waals surface area (Å²) < 4.78 is 16.0. The van der Waals surface area contributed by atoms with Gasteiger partial charge in [0, 0.05) is 0 Å². The largest absolute Gasteiger partial charge is 0.486 e. The maximum absolute atomic E-state index is 6.47. The fourth-order valence-electron chi connectivity index (χ4n) is 4.99. The second kappa shape index (κ2) is 8.85. The lowest BCUT2D eigenvalue weighted by Gasteiger charge is -2.26. The minimum atomic E-state index is -0.182. The van der Waals surface area contributed by atoms with Gasteiger partial charge in [-0.1, -0.05) is 66.2 Å². The summed E-state index contributed by atoms with van der Waals surface area (Å²) in [6.45, 7) is 4.30. The highest BCUT2D eigenvalue weighted by Gasteiger charge is 2.38. The molecule has 1 aliphatic rings. The SMILES string of the molecule is Cc1ccc(OCc2nc3c4c(ncn3n2)Oc2c(c(C)nn2-c2ccccc2)[C@@H]4c2ccccc2)cc1. The number of hydrogen-bond donors (Lipinski definition) is 0. The van der Waals surface area contributed by atoms with Crippen molar-refractivity contribution < 1.29 is 9.47 Å². The third kappa shape index (κ3) is 3.69. The zero-order valence-corrected chi connectivity index (χ0v) is 20.9. The molecule has 1 aliphatic heterocycles. The molecular formula is C30H24N6O2. The Hall–Kier alpha value is -4.98. The van der Waals surface area contributed by atoms with Crippen molar-refractivity contribution in [3.05, 3.63) is 125 Å². The molecule has 8 nitrogen and oxygen atoms in total. The number of rotatable bonds is 5. The summed E-state index contributed by atoms with van der Waals surface area (Å²) in [4.78, 5) is 9.55. The quantitative estimate of drug-likeness (QED) is 0.298. The molecule has 7 rings (SSSR count). The van der Waals surface area contributed by atoms with Crippen LogP contribution >= 0.6 is 0 Å². The first-order valence-electron chi connectivity index (χ1n) is 12.5. The Morgan fingerprint density at radius 3 is 2.34 bits per heavy atom. The van der Waals surface area contributed by atoms with Gasteiger partial charge in [0.25, 0.3) is 0 Å². The summed E-state index contributed by atoms with van der Waals surface area (Å²) in [5.41, 5.74) is 6.62. The normalized spacial score (nSPS) is 14.1. The van der Waals surface area contributed by atoms with Gasteiger partial charge in [-0.25, -0.2) is 19.2 Å². The summed E-state index contributed by atoms with van der Waals surface area (Å²) in [7, 11) is 0. The van der Waals surface area contributed by atoms with E-state index in [9.17, 15) is 0 Å². The molecule has 8 heteroatoms. The molecule has 0 radical (unpaired) electrons. The van der Waals surface area contributed by atoms with Crippen LogP contribution in [-0.4, -0.2) is 29.4 Å². The summed E-state index contributed by atoms with van der Waals surface area (Å²) in [6, 6.07) is 28.2. The highest BCUT2D eigenvalue weighted by Crippen LogP contribution is 2.49. The van der Waals surface area contributed by atoms with Crippen LogP contribution in [0, 0.1) is 13.8 Å². The Labute approximate surface area is 219 Å². The molecule has 0 saturated heterocycles. The van der Waals surface area contributed by atoms with Crippen molar-refractivity contribution in [1.82, 2.24) is 29.4 Å². The Morgan fingerprint density at radius 1 is 0.842 bits per heavy atom. The van der Waals surface area contributed by atoms with Crippen LogP contribution in [0.15, 0.2) is 91.3 Å². The molecule has 3 aromatic heterocycles. The van der Waals surface area contributed by atoms with Gasteiger partial charge in [-0.3, -0.25) is 0 Å². The fourth-order valence-corrected chi connectivity index (χ4v) is 4.99. The molecule has 0 amide bonds. The van der Waals surface area contributed by atoms with Crippen LogP contribution < -0.4 is 9.47 Å². The van der Waals surface area contributed by atoms with Gasteiger partial charge in [0.1, 0.15) is 18.7 Å². The van der Waals surface area contributed by atoms with E-state index < -0.39 is 0 Å². The van der Waals surface area contributed by atoms with Gasteiger partial charge >= 0.3 is 0 Å². The number of aryl methyl sites for hydroxylation is 2. The molecule has 0 bridgehead atoms. The second-order valence-corrected chi connectivity index (χ2v) is 9.36. The maximum Gasteiger partial charge on any atom is 0.230 e. The van der Waals surface area contributed by atoms with Gasteiger partial charge in [0.05, 0.1) is 28.4 Å². The van der Waals surface area contributed by atoms with E-state index in [1.54, 1.807) is 10.8 Å². The van der Waals surface area contributed by atoms with Crippen molar-refractivity contribution in [1.29, 1.82) is 0 Å². The van der Waals surface area contributed by atoms with Crippen molar-refractivity contribution in [2.45, 2.75) is 26.4 Å². The summed E-state index contributed by atoms with van der Waals surface area (Å²) in [5, 5.41) is 9.53. The van der Waals surface area contributed by atoms with E-state index in [0.29, 0.717) is 23.2 Å². The number of benzene rings is 3. The summed E-state index contributed by atoms with van der Waals surface area (Å²) >= 11 is 0. The smallest absolute Gasteiger partial charge is 0.230 e. The average molecular weight is 501 g/mol. The summed E-state index contributed by atoms with van der Waals surface area (Å²) in [5.74, 6) is 2.31. The molecule has 0 unspecified atom stereocenters. The molecule has 0 N–H and O–H groups in total. The zero-order chi connectivity index (χ0) is 25.6. The van der Waals surface area contributed by atoms with E-state index in [0.717, 1.165) is 33.8 Å².